The second kappa shape index (κ2) is 24.7. The third-order valence-corrected chi connectivity index (χ3v) is 18.2. The zero-order valence-electron chi connectivity index (χ0n) is 34.6. The predicted octanol–water partition coefficient (Wildman–Crippen LogP) is -4.16. The smallest absolute Gasteiger partial charge is 0.543 e. The maximum Gasteiger partial charge on any atom is 1.00 e. The number of thiazole rings is 2. The molecule has 2 saturated heterocycles. The summed E-state index contributed by atoms with van der Waals surface area (Å²) in [6.07, 6.45) is 0.815. The number of fused-ring (bicyclic) bond motifs is 2. The van der Waals surface area contributed by atoms with Crippen LogP contribution in [-0.2, 0) is 64.0 Å². The van der Waals surface area contributed by atoms with Crippen LogP contribution in [0.4, 0.5) is 0 Å². The standard InChI is InChI=1S/2C19H17N3O6S4.2Na/c2*23-12(6-10-2-1-5-29-10)21-14-16(26)22-15(18(27)28)11(8-30-17(14)22)32-19-20-9(7-31-19)3-4-13(24)25;;/h2*1-2,5,7,14,17H,3-4,6,8H2,(H,21,23)(H,24,25)(H,27,28);;/q;;2*+1/p-2/t2*14-,17-;;/m11../s1. The Balaban J connectivity index is 0.000000240. The molecule has 4 aliphatic rings. The second-order valence-corrected chi connectivity index (χ2v) is 22.4. The van der Waals surface area contributed by atoms with Crippen LogP contribution in [0.25, 0.3) is 0 Å². The van der Waals surface area contributed by atoms with Crippen LogP contribution in [0.15, 0.2) is 75.7 Å². The van der Waals surface area contributed by atoms with Crippen molar-refractivity contribution in [3.8, 4) is 0 Å². The van der Waals surface area contributed by atoms with Gasteiger partial charge in [0, 0.05) is 54.7 Å². The van der Waals surface area contributed by atoms with Gasteiger partial charge in [-0.15, -0.1) is 68.9 Å². The minimum atomic E-state index is -1.46. The number of aryl methyl sites for hydroxylation is 2. The van der Waals surface area contributed by atoms with E-state index in [1.54, 1.807) is 10.8 Å². The Morgan fingerprint density at radius 1 is 0.667 bits per heavy atom. The largest absolute Gasteiger partial charge is 1.00 e. The number of hydrogen-bond acceptors (Lipinski definition) is 20. The molecule has 0 radical (unpaired) electrons. The van der Waals surface area contributed by atoms with Gasteiger partial charge in [0.1, 0.15) is 22.8 Å². The van der Waals surface area contributed by atoms with E-state index >= 15 is 0 Å². The number of aliphatic carboxylic acids is 4. The van der Waals surface area contributed by atoms with E-state index in [2.05, 4.69) is 20.6 Å². The first kappa shape index (κ1) is 54.2. The molecule has 66 heavy (non-hydrogen) atoms. The van der Waals surface area contributed by atoms with Gasteiger partial charge in [-0.2, -0.15) is 0 Å². The molecule has 8 rings (SSSR count). The molecule has 0 aromatic carbocycles. The average Bonchev–Trinajstić information content (AvgIpc) is 4.11. The Bertz CT molecular complexity index is 2380. The fourth-order valence-corrected chi connectivity index (χ4v) is 14.9. The number of nitrogens with zero attached hydrogens (tertiary/aromatic N) is 4. The van der Waals surface area contributed by atoms with E-state index in [0.29, 0.717) is 41.4 Å². The SMILES string of the molecule is O=C(O)CCc1csc(SC2=C(C(=O)[O-])N3C(=O)[C@@H](NC(=O)Cc4cccs4)[C@H]3SC2)n1.O=C(O)CCc1csc(SC2=C(C(=O)[O-])N3C(=O)[C@@H](NC(=O)Cc4cccs4)[C@H]3SC2)n1.[Na+].[Na+]. The Morgan fingerprint density at radius 2 is 1.06 bits per heavy atom. The van der Waals surface area contributed by atoms with Crippen molar-refractivity contribution in [1.29, 1.82) is 0 Å². The zero-order chi connectivity index (χ0) is 45.7. The first-order valence-electron chi connectivity index (χ1n) is 18.8. The summed E-state index contributed by atoms with van der Waals surface area (Å²) in [6.45, 7) is 0. The van der Waals surface area contributed by atoms with E-state index in [-0.39, 0.29) is 121 Å². The maximum absolute atomic E-state index is 12.7. The Hall–Kier alpha value is -2.70. The molecule has 0 spiro atoms. The van der Waals surface area contributed by atoms with Crippen molar-refractivity contribution in [2.45, 2.75) is 70.0 Å². The summed E-state index contributed by atoms with van der Waals surface area (Å²) in [7, 11) is 0. The summed E-state index contributed by atoms with van der Waals surface area (Å²) in [5.41, 5.74) is 0.834. The van der Waals surface area contributed by atoms with Crippen LogP contribution in [0.3, 0.4) is 0 Å². The van der Waals surface area contributed by atoms with Crippen LogP contribution < -0.4 is 80.0 Å². The summed E-state index contributed by atoms with van der Waals surface area (Å²) in [5, 5.41) is 52.9. The third kappa shape index (κ3) is 13.3. The number of aromatic nitrogens is 2. The van der Waals surface area contributed by atoms with Gasteiger partial charge in [0.2, 0.25) is 11.8 Å². The Kier molecular flexibility index (Phi) is 20.3. The first-order chi connectivity index (χ1) is 30.7. The normalized spacial score (nSPS) is 19.4. The molecular weight excluding hydrogens is 1030 g/mol. The summed E-state index contributed by atoms with van der Waals surface area (Å²) in [6, 6.07) is 5.79. The summed E-state index contributed by atoms with van der Waals surface area (Å²) in [5.74, 6) is -5.67. The number of carboxylic acid groups (broad SMARTS) is 4. The monoisotopic (exact) mass is 1070 g/mol. The molecule has 18 nitrogen and oxygen atoms in total. The number of β-lactam (4-membered cyclic amide) rings is 2. The predicted molar refractivity (Wildman–Crippen MR) is 238 cm³/mol. The maximum atomic E-state index is 12.7. The molecule has 336 valence electrons. The summed E-state index contributed by atoms with van der Waals surface area (Å²) in [4.78, 5) is 109. The molecule has 0 saturated carbocycles. The van der Waals surface area contributed by atoms with E-state index in [0.717, 1.165) is 33.3 Å². The van der Waals surface area contributed by atoms with Gasteiger partial charge in [-0.1, -0.05) is 35.7 Å². The molecule has 28 heteroatoms. The fourth-order valence-electron chi connectivity index (χ4n) is 6.49. The van der Waals surface area contributed by atoms with Crippen molar-refractivity contribution in [2.24, 2.45) is 0 Å². The van der Waals surface area contributed by atoms with Crippen LogP contribution >= 0.6 is 92.4 Å². The number of nitrogens with one attached hydrogen (secondary N) is 2. The van der Waals surface area contributed by atoms with Gasteiger partial charge in [-0.25, -0.2) is 9.97 Å². The molecule has 4 amide bonds. The summed E-state index contributed by atoms with van der Waals surface area (Å²) >= 11 is 10.5. The van der Waals surface area contributed by atoms with Gasteiger partial charge in [-0.05, 0) is 22.9 Å². The topological polar surface area (TPSA) is 279 Å². The molecule has 4 N–H and O–H groups in total. The minimum Gasteiger partial charge on any atom is -0.543 e. The number of rotatable bonds is 18. The van der Waals surface area contributed by atoms with E-state index in [1.165, 1.54) is 78.7 Å². The molecule has 0 aliphatic carbocycles. The molecule has 0 bridgehead atoms. The Morgan fingerprint density at radius 3 is 1.39 bits per heavy atom. The van der Waals surface area contributed by atoms with Gasteiger partial charge in [0.05, 0.1) is 60.4 Å². The van der Waals surface area contributed by atoms with E-state index in [4.69, 9.17) is 10.2 Å². The van der Waals surface area contributed by atoms with Gasteiger partial charge in [-0.3, -0.25) is 38.6 Å². The van der Waals surface area contributed by atoms with Gasteiger partial charge in [0.25, 0.3) is 11.8 Å². The number of carbonyl (C=O) groups is 8. The van der Waals surface area contributed by atoms with Crippen molar-refractivity contribution in [3.05, 3.63) is 88.1 Å². The van der Waals surface area contributed by atoms with Crippen LogP contribution in [0.1, 0.15) is 34.0 Å². The van der Waals surface area contributed by atoms with E-state index < -0.39 is 58.5 Å². The van der Waals surface area contributed by atoms with Crippen LogP contribution in [0.5, 0.6) is 0 Å². The number of hydrogen-bond donors (Lipinski definition) is 4. The second-order valence-electron chi connectivity index (χ2n) is 13.7. The number of carbonyl (C=O) groups excluding carboxylic acids is 6. The minimum absolute atomic E-state index is 0. The van der Waals surface area contributed by atoms with Crippen LogP contribution in [0, 0.1) is 0 Å². The number of carboxylic acids is 4. The van der Waals surface area contributed by atoms with Gasteiger partial charge >= 0.3 is 71.1 Å². The van der Waals surface area contributed by atoms with Crippen molar-refractivity contribution < 1.29 is 118 Å². The molecule has 4 aromatic heterocycles. The third-order valence-electron chi connectivity index (χ3n) is 9.39. The molecule has 4 atom stereocenters. The first-order valence-corrected chi connectivity index (χ1v) is 26.0. The Labute approximate surface area is 452 Å². The van der Waals surface area contributed by atoms with Crippen molar-refractivity contribution in [2.75, 3.05) is 11.5 Å². The van der Waals surface area contributed by atoms with E-state index in [9.17, 15) is 48.6 Å². The van der Waals surface area contributed by atoms with E-state index in [1.807, 2.05) is 35.0 Å². The van der Waals surface area contributed by atoms with Gasteiger partial charge in [0.15, 0.2) is 8.68 Å². The van der Waals surface area contributed by atoms with Crippen molar-refractivity contribution in [3.63, 3.8) is 0 Å². The molecule has 4 aliphatic heterocycles. The summed E-state index contributed by atoms with van der Waals surface area (Å²) < 4.78 is 1.12. The average molecular weight is 1070 g/mol. The molecule has 0 unspecified atom stereocenters. The van der Waals surface area contributed by atoms with Crippen molar-refractivity contribution in [1.82, 2.24) is 30.4 Å². The fraction of sp³-hybridized carbons (Fsp3) is 0.316. The van der Waals surface area contributed by atoms with Crippen LogP contribution in [-0.4, -0.2) is 112 Å². The molecular formula is C38H32N6Na2O12S8. The quantitative estimate of drug-likeness (QED) is 0.0544. The van der Waals surface area contributed by atoms with Crippen LogP contribution in [0.2, 0.25) is 0 Å². The number of amides is 4. The number of thioether (sulfide) groups is 4. The molecule has 4 aromatic rings. The number of thiophene rings is 2. The molecule has 8 heterocycles. The van der Waals surface area contributed by atoms with Gasteiger partial charge < -0.3 is 40.6 Å². The van der Waals surface area contributed by atoms with Crippen molar-refractivity contribution >= 4 is 140 Å². The zero-order valence-corrected chi connectivity index (χ0v) is 45.1. The molecule has 2 fully saturated rings.